The van der Waals surface area contributed by atoms with Gasteiger partial charge in [-0.3, -0.25) is 0 Å². The fraction of sp³-hybridized carbons (Fsp3) is 0.100. The van der Waals surface area contributed by atoms with E-state index in [1.54, 1.807) is 0 Å². The van der Waals surface area contributed by atoms with Crippen molar-refractivity contribution in [3.8, 4) is 11.5 Å². The van der Waals surface area contributed by atoms with E-state index in [4.69, 9.17) is 4.42 Å². The maximum Gasteiger partial charge on any atom is 0.415 e. The highest BCUT2D eigenvalue weighted by atomic mass is 16.5. The van der Waals surface area contributed by atoms with E-state index in [0.717, 1.165) is 5.56 Å². The van der Waals surface area contributed by atoms with Crippen molar-refractivity contribution in [1.82, 2.24) is 10.2 Å². The molecule has 1 aromatic heterocycles. The molecule has 0 aliphatic heterocycles. The number of rotatable bonds is 2. The van der Waals surface area contributed by atoms with Gasteiger partial charge in [0.1, 0.15) is 0 Å². The molecule has 0 saturated heterocycles. The second-order valence-electron chi connectivity index (χ2n) is 2.89. The summed E-state index contributed by atoms with van der Waals surface area (Å²) in [5.74, 6) is 0.340. The summed E-state index contributed by atoms with van der Waals surface area (Å²) < 4.78 is 9.60. The minimum Gasteiger partial charge on any atom is -0.453 e. The van der Waals surface area contributed by atoms with Gasteiger partial charge in [0.2, 0.25) is 5.89 Å². The molecule has 2 rings (SSSR count). The van der Waals surface area contributed by atoms with Crippen LogP contribution in [0.5, 0.6) is 0 Å². The van der Waals surface area contributed by atoms with Crippen LogP contribution in [0.1, 0.15) is 0 Å². The topological polar surface area (TPSA) is 77.2 Å². The molecule has 0 unspecified atom stereocenters. The highest BCUT2D eigenvalue weighted by molar-refractivity contribution is 5.81. The molecule has 0 bridgehead atoms. The van der Waals surface area contributed by atoms with Crippen LogP contribution in [0.3, 0.4) is 0 Å². The highest BCUT2D eigenvalue weighted by Crippen LogP contribution is 2.18. The van der Waals surface area contributed by atoms with Crippen molar-refractivity contribution in [2.24, 2.45) is 0 Å². The number of carbonyl (C=O) groups is 1. The van der Waals surface area contributed by atoms with Gasteiger partial charge < -0.3 is 9.15 Å². The van der Waals surface area contributed by atoms with Crippen LogP contribution >= 0.6 is 0 Å². The first-order valence-electron chi connectivity index (χ1n) is 4.53. The van der Waals surface area contributed by atoms with Crippen molar-refractivity contribution in [2.45, 2.75) is 0 Å². The summed E-state index contributed by atoms with van der Waals surface area (Å²) >= 11 is 0. The van der Waals surface area contributed by atoms with Gasteiger partial charge in [0.05, 0.1) is 7.11 Å². The number of benzene rings is 1. The Morgan fingerprint density at radius 2 is 2.06 bits per heavy atom. The Hall–Kier alpha value is -2.37. The molecule has 2 aromatic rings. The predicted molar refractivity (Wildman–Crippen MR) is 55.8 cm³/mol. The molecule has 1 heterocycles. The van der Waals surface area contributed by atoms with Gasteiger partial charge in [0.25, 0.3) is 0 Å². The third-order valence-electron chi connectivity index (χ3n) is 1.84. The Bertz CT molecular complexity index is 481. The fourth-order valence-electron chi connectivity index (χ4n) is 1.11. The molecule has 82 valence electrons. The molecule has 0 radical (unpaired) electrons. The minimum absolute atomic E-state index is 0.00528. The van der Waals surface area contributed by atoms with E-state index in [9.17, 15) is 4.79 Å². The van der Waals surface area contributed by atoms with Gasteiger partial charge in [0.15, 0.2) is 0 Å². The average molecular weight is 219 g/mol. The Kier molecular flexibility index (Phi) is 2.81. The molecule has 0 fully saturated rings. The standard InChI is InChI=1S/C10H9N3O3/c1-15-10(14)11-9-13-12-8(16-9)7-5-3-2-4-6-7/h2-6H,1H3,(H,11,13,14). The number of carbonyl (C=O) groups excluding carboxylic acids is 1. The molecule has 0 atom stereocenters. The molecule has 16 heavy (non-hydrogen) atoms. The predicted octanol–water partition coefficient (Wildman–Crippen LogP) is 1.91. The number of anilines is 1. The van der Waals surface area contributed by atoms with Gasteiger partial charge in [-0.2, -0.15) is 0 Å². The zero-order valence-electron chi connectivity index (χ0n) is 8.51. The number of methoxy groups -OCH3 is 1. The first-order valence-corrected chi connectivity index (χ1v) is 4.53. The lowest BCUT2D eigenvalue weighted by Crippen LogP contribution is -2.10. The zero-order valence-corrected chi connectivity index (χ0v) is 8.51. The van der Waals surface area contributed by atoms with Gasteiger partial charge in [0, 0.05) is 5.56 Å². The second kappa shape index (κ2) is 4.43. The lowest BCUT2D eigenvalue weighted by atomic mass is 10.2. The van der Waals surface area contributed by atoms with E-state index >= 15 is 0 Å². The molecule has 1 N–H and O–H groups in total. The largest absolute Gasteiger partial charge is 0.453 e. The van der Waals surface area contributed by atoms with Crippen LogP contribution in [0.4, 0.5) is 10.8 Å². The van der Waals surface area contributed by atoms with E-state index in [1.807, 2.05) is 30.3 Å². The number of hydrogen-bond donors (Lipinski definition) is 1. The molecule has 0 aliphatic rings. The van der Waals surface area contributed by atoms with Crippen molar-refractivity contribution >= 4 is 12.1 Å². The van der Waals surface area contributed by atoms with Crippen LogP contribution in [0, 0.1) is 0 Å². The Labute approximate surface area is 91.2 Å². The van der Waals surface area contributed by atoms with Crippen molar-refractivity contribution in [3.63, 3.8) is 0 Å². The number of ether oxygens (including phenoxy) is 1. The smallest absolute Gasteiger partial charge is 0.415 e. The summed E-state index contributed by atoms with van der Waals surface area (Å²) in [5.41, 5.74) is 0.785. The molecule has 6 heteroatoms. The molecule has 0 spiro atoms. The molecule has 1 aromatic carbocycles. The third-order valence-corrected chi connectivity index (χ3v) is 1.84. The third kappa shape index (κ3) is 2.17. The zero-order chi connectivity index (χ0) is 11.4. The van der Waals surface area contributed by atoms with Crippen LogP contribution in [-0.2, 0) is 4.74 Å². The van der Waals surface area contributed by atoms with Crippen LogP contribution in [0.15, 0.2) is 34.7 Å². The lowest BCUT2D eigenvalue weighted by molar-refractivity contribution is 0.186. The second-order valence-corrected chi connectivity index (χ2v) is 2.89. The molecule has 6 nitrogen and oxygen atoms in total. The SMILES string of the molecule is COC(=O)Nc1nnc(-c2ccccc2)o1. The number of amides is 1. The normalized spacial score (nSPS) is 9.81. The first-order chi connectivity index (χ1) is 7.79. The molecule has 1 amide bonds. The number of nitrogens with zero attached hydrogens (tertiary/aromatic N) is 2. The van der Waals surface area contributed by atoms with Gasteiger partial charge in [-0.25, -0.2) is 10.1 Å². The van der Waals surface area contributed by atoms with Crippen molar-refractivity contribution < 1.29 is 13.9 Å². The molecule has 0 aliphatic carbocycles. The Morgan fingerprint density at radius 1 is 1.31 bits per heavy atom. The first kappa shape index (κ1) is 10.2. The minimum atomic E-state index is -0.650. The van der Waals surface area contributed by atoms with E-state index < -0.39 is 6.09 Å². The number of nitrogens with one attached hydrogen (secondary N) is 1. The van der Waals surface area contributed by atoms with Crippen LogP contribution in [0.25, 0.3) is 11.5 Å². The molecular formula is C10H9N3O3. The monoisotopic (exact) mass is 219 g/mol. The van der Waals surface area contributed by atoms with Crippen molar-refractivity contribution in [1.29, 1.82) is 0 Å². The number of aromatic nitrogens is 2. The van der Waals surface area contributed by atoms with Crippen LogP contribution < -0.4 is 5.32 Å². The quantitative estimate of drug-likeness (QED) is 0.834. The summed E-state index contributed by atoms with van der Waals surface area (Å²) in [6.45, 7) is 0. The fourth-order valence-corrected chi connectivity index (χ4v) is 1.11. The van der Waals surface area contributed by atoms with E-state index in [-0.39, 0.29) is 6.01 Å². The van der Waals surface area contributed by atoms with Crippen molar-refractivity contribution in [2.75, 3.05) is 12.4 Å². The Morgan fingerprint density at radius 3 is 2.75 bits per heavy atom. The maximum absolute atomic E-state index is 10.9. The van der Waals surface area contributed by atoms with E-state index in [2.05, 4.69) is 20.3 Å². The summed E-state index contributed by atoms with van der Waals surface area (Å²) in [6.07, 6.45) is -0.650. The van der Waals surface area contributed by atoms with Crippen LogP contribution in [-0.4, -0.2) is 23.4 Å². The Balaban J connectivity index is 2.17. The summed E-state index contributed by atoms with van der Waals surface area (Å²) in [7, 11) is 1.25. The maximum atomic E-state index is 10.9. The molecular weight excluding hydrogens is 210 g/mol. The van der Waals surface area contributed by atoms with Gasteiger partial charge in [-0.1, -0.05) is 23.3 Å². The van der Waals surface area contributed by atoms with Gasteiger partial charge >= 0.3 is 12.1 Å². The average Bonchev–Trinajstić information content (AvgIpc) is 2.78. The summed E-state index contributed by atoms with van der Waals surface area (Å²) in [5, 5.41) is 9.72. The van der Waals surface area contributed by atoms with E-state index in [1.165, 1.54) is 7.11 Å². The van der Waals surface area contributed by atoms with Crippen LogP contribution in [0.2, 0.25) is 0 Å². The summed E-state index contributed by atoms with van der Waals surface area (Å²) in [6, 6.07) is 9.25. The van der Waals surface area contributed by atoms with Gasteiger partial charge in [-0.15, -0.1) is 5.10 Å². The summed E-state index contributed by atoms with van der Waals surface area (Å²) in [4.78, 5) is 10.9. The molecule has 0 saturated carbocycles. The van der Waals surface area contributed by atoms with Gasteiger partial charge in [-0.05, 0) is 12.1 Å². The lowest BCUT2D eigenvalue weighted by Gasteiger charge is -1.96. The van der Waals surface area contributed by atoms with E-state index in [0.29, 0.717) is 5.89 Å². The highest BCUT2D eigenvalue weighted by Gasteiger charge is 2.10. The number of hydrogen-bond acceptors (Lipinski definition) is 5. The van der Waals surface area contributed by atoms with Crippen molar-refractivity contribution in [3.05, 3.63) is 30.3 Å².